The molecule has 1 aliphatic heterocycles. The molecule has 4 heteroatoms. The van der Waals surface area contributed by atoms with Crippen LogP contribution in [0, 0.1) is 0 Å². The van der Waals surface area contributed by atoms with Gasteiger partial charge in [-0.2, -0.15) is 0 Å². The molecule has 3 nitrogen and oxygen atoms in total. The highest BCUT2D eigenvalue weighted by atomic mass is 32.2. The van der Waals surface area contributed by atoms with Crippen LogP contribution in [0.4, 0.5) is 0 Å². The van der Waals surface area contributed by atoms with Crippen molar-refractivity contribution in [1.82, 2.24) is 5.32 Å². The highest BCUT2D eigenvalue weighted by Crippen LogP contribution is 2.23. The summed E-state index contributed by atoms with van der Waals surface area (Å²) in [7, 11) is -2.94. The number of hydrogen-bond donors (Lipinski definition) is 1. The smallest absolute Gasteiger partial charge is 0.159 e. The van der Waals surface area contributed by atoms with Gasteiger partial charge in [0, 0.05) is 6.54 Å². The van der Waals surface area contributed by atoms with Crippen molar-refractivity contribution in [2.75, 3.05) is 13.1 Å². The van der Waals surface area contributed by atoms with Crippen LogP contribution in [-0.4, -0.2) is 31.5 Å². The minimum absolute atomic E-state index is 0.169. The van der Waals surface area contributed by atoms with Crippen LogP contribution in [0.3, 0.4) is 0 Å². The van der Waals surface area contributed by atoms with Gasteiger partial charge in [-0.3, -0.25) is 0 Å². The Labute approximate surface area is 74.5 Å². The second kappa shape index (κ2) is 3.00. The molecule has 0 aromatic rings. The maximum Gasteiger partial charge on any atom is 0.159 e. The first-order valence-corrected chi connectivity index (χ1v) is 5.84. The van der Waals surface area contributed by atoms with Gasteiger partial charge < -0.3 is 5.32 Å². The van der Waals surface area contributed by atoms with Crippen LogP contribution in [0.1, 0.15) is 27.2 Å². The van der Waals surface area contributed by atoms with E-state index in [0.717, 1.165) is 13.0 Å². The Balaban J connectivity index is 2.85. The number of nitrogens with one attached hydrogen (secondary N) is 1. The number of rotatable bonds is 1. The third kappa shape index (κ3) is 1.64. The average Bonchev–Trinajstić information content (AvgIpc) is 2.34. The molecule has 1 aliphatic rings. The Morgan fingerprint density at radius 3 is 2.25 bits per heavy atom. The first kappa shape index (κ1) is 9.99. The molecule has 1 N–H and O–H groups in total. The lowest BCUT2D eigenvalue weighted by Crippen LogP contribution is -2.38. The molecule has 1 atom stereocenters. The molecule has 0 aliphatic carbocycles. The predicted octanol–water partition coefficient (Wildman–Crippen LogP) is 0.562. The number of hydrogen-bond acceptors (Lipinski definition) is 3. The fourth-order valence-electron chi connectivity index (χ4n) is 1.39. The normalized spacial score (nSPS) is 26.1. The van der Waals surface area contributed by atoms with Crippen molar-refractivity contribution >= 4 is 9.84 Å². The fourth-order valence-corrected chi connectivity index (χ4v) is 3.16. The summed E-state index contributed by atoms with van der Waals surface area (Å²) < 4.78 is 23.0. The molecule has 0 spiro atoms. The minimum atomic E-state index is -2.94. The summed E-state index contributed by atoms with van der Waals surface area (Å²) in [5.74, 6) is 0. The largest absolute Gasteiger partial charge is 0.315 e. The average molecular weight is 191 g/mol. The van der Waals surface area contributed by atoms with Crippen LogP contribution in [-0.2, 0) is 9.84 Å². The van der Waals surface area contributed by atoms with Crippen LogP contribution < -0.4 is 5.32 Å². The van der Waals surface area contributed by atoms with Crippen molar-refractivity contribution in [2.24, 2.45) is 0 Å². The summed E-state index contributed by atoms with van der Waals surface area (Å²) in [5, 5.41) is 2.90. The topological polar surface area (TPSA) is 46.2 Å². The van der Waals surface area contributed by atoms with E-state index in [0.29, 0.717) is 6.54 Å². The molecule has 0 bridgehead atoms. The molecule has 0 saturated carbocycles. The van der Waals surface area contributed by atoms with E-state index in [1.165, 1.54) is 0 Å². The zero-order chi connectivity index (χ0) is 9.41. The third-order valence-electron chi connectivity index (χ3n) is 2.31. The van der Waals surface area contributed by atoms with E-state index in [4.69, 9.17) is 0 Å². The van der Waals surface area contributed by atoms with Crippen LogP contribution >= 0.6 is 0 Å². The predicted molar refractivity (Wildman–Crippen MR) is 49.9 cm³/mol. The summed E-state index contributed by atoms with van der Waals surface area (Å²) in [4.78, 5) is 0. The SMILES string of the molecule is CC(C)(C)S(=O)(=O)C1CCNC1. The lowest BCUT2D eigenvalue weighted by molar-refractivity contribution is 0.546. The summed E-state index contributed by atoms with van der Waals surface area (Å²) in [6.45, 7) is 6.75. The summed E-state index contributed by atoms with van der Waals surface area (Å²) >= 11 is 0. The standard InChI is InChI=1S/C8H17NO2S/c1-8(2,3)12(10,11)7-4-5-9-6-7/h7,9H,4-6H2,1-3H3. The van der Waals surface area contributed by atoms with Crippen LogP contribution in [0.5, 0.6) is 0 Å². The van der Waals surface area contributed by atoms with Gasteiger partial charge in [0.1, 0.15) is 0 Å². The zero-order valence-corrected chi connectivity index (χ0v) is 8.74. The van der Waals surface area contributed by atoms with E-state index < -0.39 is 14.6 Å². The van der Waals surface area contributed by atoms with Crippen molar-refractivity contribution in [3.63, 3.8) is 0 Å². The van der Waals surface area contributed by atoms with Crippen molar-refractivity contribution < 1.29 is 8.42 Å². The molecule has 1 unspecified atom stereocenters. The van der Waals surface area contributed by atoms with Gasteiger partial charge in [-0.05, 0) is 33.7 Å². The first-order valence-electron chi connectivity index (χ1n) is 4.30. The van der Waals surface area contributed by atoms with Gasteiger partial charge in [0.25, 0.3) is 0 Å². The maximum absolute atomic E-state index is 11.8. The highest BCUT2D eigenvalue weighted by molar-refractivity contribution is 7.93. The van der Waals surface area contributed by atoms with E-state index in [9.17, 15) is 8.42 Å². The second-order valence-electron chi connectivity index (χ2n) is 4.27. The van der Waals surface area contributed by atoms with Crippen molar-refractivity contribution in [3.8, 4) is 0 Å². The summed E-state index contributed by atoms with van der Waals surface area (Å²) in [5.41, 5.74) is 0. The first-order chi connectivity index (χ1) is 5.36. The van der Waals surface area contributed by atoms with Crippen LogP contribution in [0.25, 0.3) is 0 Å². The Hall–Kier alpha value is -0.0900. The minimum Gasteiger partial charge on any atom is -0.315 e. The molecule has 1 rings (SSSR count). The molecule has 1 heterocycles. The van der Waals surface area contributed by atoms with E-state index >= 15 is 0 Å². The maximum atomic E-state index is 11.8. The van der Waals surface area contributed by atoms with Gasteiger partial charge in [0.2, 0.25) is 0 Å². The third-order valence-corrected chi connectivity index (χ3v) is 5.29. The molecule has 0 amide bonds. The van der Waals surface area contributed by atoms with E-state index in [-0.39, 0.29) is 5.25 Å². The zero-order valence-electron chi connectivity index (χ0n) is 7.92. The van der Waals surface area contributed by atoms with Gasteiger partial charge in [0.15, 0.2) is 9.84 Å². The van der Waals surface area contributed by atoms with Crippen molar-refractivity contribution in [1.29, 1.82) is 0 Å². The van der Waals surface area contributed by atoms with E-state index in [1.54, 1.807) is 20.8 Å². The Morgan fingerprint density at radius 2 is 1.92 bits per heavy atom. The molecule has 12 heavy (non-hydrogen) atoms. The molecule has 0 aromatic carbocycles. The molecule has 0 aromatic heterocycles. The molecule has 1 fully saturated rings. The monoisotopic (exact) mass is 191 g/mol. The van der Waals surface area contributed by atoms with Crippen LogP contribution in [0.15, 0.2) is 0 Å². The quantitative estimate of drug-likeness (QED) is 0.659. The van der Waals surface area contributed by atoms with E-state index in [1.807, 2.05) is 0 Å². The van der Waals surface area contributed by atoms with Gasteiger partial charge in [0.05, 0.1) is 10.00 Å². The number of sulfone groups is 1. The Bertz CT molecular complexity index is 245. The van der Waals surface area contributed by atoms with Gasteiger partial charge >= 0.3 is 0 Å². The van der Waals surface area contributed by atoms with Crippen molar-refractivity contribution in [2.45, 2.75) is 37.2 Å². The van der Waals surface area contributed by atoms with Gasteiger partial charge in [-0.25, -0.2) is 8.42 Å². The molecule has 72 valence electrons. The molecule has 1 saturated heterocycles. The summed E-state index contributed by atoms with van der Waals surface area (Å²) in [6.07, 6.45) is 0.763. The second-order valence-corrected chi connectivity index (χ2v) is 7.25. The Morgan fingerprint density at radius 1 is 1.33 bits per heavy atom. The lowest BCUT2D eigenvalue weighted by atomic mass is 10.3. The molecular weight excluding hydrogens is 174 g/mol. The lowest BCUT2D eigenvalue weighted by Gasteiger charge is -2.23. The fraction of sp³-hybridized carbons (Fsp3) is 1.00. The van der Waals surface area contributed by atoms with Gasteiger partial charge in [-0.1, -0.05) is 0 Å². The highest BCUT2D eigenvalue weighted by Gasteiger charge is 2.38. The van der Waals surface area contributed by atoms with Crippen LogP contribution in [0.2, 0.25) is 0 Å². The van der Waals surface area contributed by atoms with Gasteiger partial charge in [-0.15, -0.1) is 0 Å². The molecular formula is C8H17NO2S. The summed E-state index contributed by atoms with van der Waals surface area (Å²) in [6, 6.07) is 0. The van der Waals surface area contributed by atoms with Crippen molar-refractivity contribution in [3.05, 3.63) is 0 Å². The Kier molecular flexibility index (Phi) is 2.50. The molecule has 0 radical (unpaired) electrons. The van der Waals surface area contributed by atoms with E-state index in [2.05, 4.69) is 5.32 Å².